The molecule has 0 aliphatic carbocycles. The topological polar surface area (TPSA) is 66.8 Å². The lowest BCUT2D eigenvalue weighted by Gasteiger charge is -2.09. The summed E-state index contributed by atoms with van der Waals surface area (Å²) in [5, 5.41) is 17.9. The van der Waals surface area contributed by atoms with Crippen LogP contribution in [0.15, 0.2) is 11.6 Å². The fourth-order valence-corrected chi connectivity index (χ4v) is 1.29. The monoisotopic (exact) mass is 220 g/mol. The lowest BCUT2D eigenvalue weighted by Crippen LogP contribution is -2.21. The second kappa shape index (κ2) is 4.29. The Morgan fingerprint density at radius 2 is 2.21 bits per heavy atom. The van der Waals surface area contributed by atoms with Gasteiger partial charge in [0.15, 0.2) is 0 Å². The molecular weight excluding hydrogens is 208 g/mol. The number of rotatable bonds is 2. The first kappa shape index (κ1) is 11.5. The zero-order valence-electron chi connectivity index (χ0n) is 7.98. The van der Waals surface area contributed by atoms with Crippen molar-refractivity contribution in [2.45, 2.75) is 37.5 Å². The maximum absolute atomic E-state index is 11.2. The zero-order valence-corrected chi connectivity index (χ0v) is 8.73. The van der Waals surface area contributed by atoms with Crippen molar-refractivity contribution in [3.63, 3.8) is 0 Å². The average molecular weight is 221 g/mol. The lowest BCUT2D eigenvalue weighted by atomic mass is 10.1. The standard InChI is InChI=1S/C9H13ClO4/c1-4(11)7(10)3-6-8(12)5(2)14-9(6)13/h3-5,7-8,11-12H,1-2H3/b6-3+/t4?,5-,7?,8+/m1/s1. The number of ether oxygens (including phenoxy) is 1. The summed E-state index contributed by atoms with van der Waals surface area (Å²) in [6.45, 7) is 3.10. The number of halogens is 1. The Bertz CT molecular complexity index is 262. The summed E-state index contributed by atoms with van der Waals surface area (Å²) in [6.07, 6.45) is -0.947. The van der Waals surface area contributed by atoms with Gasteiger partial charge in [0.25, 0.3) is 0 Å². The molecule has 2 unspecified atom stereocenters. The number of esters is 1. The van der Waals surface area contributed by atoms with E-state index < -0.39 is 29.7 Å². The summed E-state index contributed by atoms with van der Waals surface area (Å²) in [5.74, 6) is -0.573. The molecule has 1 rings (SSSR count). The molecule has 1 saturated heterocycles. The van der Waals surface area contributed by atoms with Gasteiger partial charge in [0.1, 0.15) is 12.2 Å². The molecule has 0 aromatic heterocycles. The van der Waals surface area contributed by atoms with Crippen LogP contribution in [-0.4, -0.2) is 39.9 Å². The smallest absolute Gasteiger partial charge is 0.336 e. The molecule has 0 bridgehead atoms. The van der Waals surface area contributed by atoms with Gasteiger partial charge in [-0.2, -0.15) is 0 Å². The highest BCUT2D eigenvalue weighted by Gasteiger charge is 2.36. The van der Waals surface area contributed by atoms with Gasteiger partial charge in [-0.25, -0.2) is 4.79 Å². The van der Waals surface area contributed by atoms with E-state index in [2.05, 4.69) is 0 Å². The number of carbonyl (C=O) groups excluding carboxylic acids is 1. The van der Waals surface area contributed by atoms with E-state index in [1.807, 2.05) is 0 Å². The van der Waals surface area contributed by atoms with E-state index in [1.54, 1.807) is 6.92 Å². The van der Waals surface area contributed by atoms with Crippen molar-refractivity contribution >= 4 is 17.6 Å². The normalized spacial score (nSPS) is 34.4. The van der Waals surface area contributed by atoms with Crippen LogP contribution in [0.2, 0.25) is 0 Å². The van der Waals surface area contributed by atoms with Crippen molar-refractivity contribution in [1.29, 1.82) is 0 Å². The number of hydrogen-bond donors (Lipinski definition) is 2. The van der Waals surface area contributed by atoms with Gasteiger partial charge in [-0.15, -0.1) is 11.6 Å². The van der Waals surface area contributed by atoms with Crippen molar-refractivity contribution < 1.29 is 19.7 Å². The van der Waals surface area contributed by atoms with Crippen LogP contribution in [0.3, 0.4) is 0 Å². The fraction of sp³-hybridized carbons (Fsp3) is 0.667. The molecule has 0 spiro atoms. The van der Waals surface area contributed by atoms with Crippen LogP contribution < -0.4 is 0 Å². The van der Waals surface area contributed by atoms with Crippen LogP contribution >= 0.6 is 11.6 Å². The summed E-state index contributed by atoms with van der Waals surface area (Å²) in [5.41, 5.74) is 0.124. The molecule has 2 N–H and O–H groups in total. The highest BCUT2D eigenvalue weighted by molar-refractivity contribution is 6.22. The van der Waals surface area contributed by atoms with Crippen LogP contribution in [0.4, 0.5) is 0 Å². The molecule has 0 amide bonds. The van der Waals surface area contributed by atoms with Gasteiger partial charge in [0.2, 0.25) is 0 Å². The van der Waals surface area contributed by atoms with Crippen LogP contribution in [0, 0.1) is 0 Å². The van der Waals surface area contributed by atoms with Crippen molar-refractivity contribution in [3.05, 3.63) is 11.6 Å². The van der Waals surface area contributed by atoms with Crippen molar-refractivity contribution in [1.82, 2.24) is 0 Å². The predicted octanol–water partition coefficient (Wildman–Crippen LogP) is 0.207. The molecule has 4 atom stereocenters. The highest BCUT2D eigenvalue weighted by atomic mass is 35.5. The molecule has 1 aliphatic heterocycles. The largest absolute Gasteiger partial charge is 0.456 e. The Labute approximate surface area is 87.1 Å². The van der Waals surface area contributed by atoms with Crippen LogP contribution in [0.25, 0.3) is 0 Å². The van der Waals surface area contributed by atoms with E-state index in [9.17, 15) is 9.90 Å². The van der Waals surface area contributed by atoms with E-state index in [-0.39, 0.29) is 5.57 Å². The first-order chi connectivity index (χ1) is 6.43. The second-order valence-corrected chi connectivity index (χ2v) is 3.87. The summed E-state index contributed by atoms with van der Waals surface area (Å²) in [7, 11) is 0. The maximum Gasteiger partial charge on any atom is 0.336 e. The molecule has 5 heteroatoms. The Kier molecular flexibility index (Phi) is 3.53. The molecule has 4 nitrogen and oxygen atoms in total. The molecule has 14 heavy (non-hydrogen) atoms. The number of aliphatic hydroxyl groups excluding tert-OH is 2. The van der Waals surface area contributed by atoms with Crippen LogP contribution in [0.1, 0.15) is 13.8 Å². The summed E-state index contributed by atoms with van der Waals surface area (Å²) < 4.78 is 4.77. The van der Waals surface area contributed by atoms with E-state index in [0.717, 1.165) is 0 Å². The summed E-state index contributed by atoms with van der Waals surface area (Å²) in [4.78, 5) is 11.2. The Hall–Kier alpha value is -0.580. The van der Waals surface area contributed by atoms with Gasteiger partial charge in [-0.1, -0.05) is 6.08 Å². The minimum absolute atomic E-state index is 0.124. The summed E-state index contributed by atoms with van der Waals surface area (Å²) in [6, 6.07) is 0. The molecule has 80 valence electrons. The molecule has 0 aromatic rings. The van der Waals surface area contributed by atoms with Gasteiger partial charge >= 0.3 is 5.97 Å². The van der Waals surface area contributed by atoms with Crippen molar-refractivity contribution in [3.8, 4) is 0 Å². The molecule has 1 fully saturated rings. The van der Waals surface area contributed by atoms with Crippen molar-refractivity contribution in [2.24, 2.45) is 0 Å². The highest BCUT2D eigenvalue weighted by Crippen LogP contribution is 2.22. The lowest BCUT2D eigenvalue weighted by molar-refractivity contribution is -0.138. The molecule has 1 aliphatic rings. The van der Waals surface area contributed by atoms with E-state index in [0.29, 0.717) is 0 Å². The Balaban J connectivity index is 2.81. The first-order valence-corrected chi connectivity index (χ1v) is 4.80. The first-order valence-electron chi connectivity index (χ1n) is 4.36. The van der Waals surface area contributed by atoms with Crippen molar-refractivity contribution in [2.75, 3.05) is 0 Å². The van der Waals surface area contributed by atoms with E-state index >= 15 is 0 Å². The third-order valence-corrected chi connectivity index (χ3v) is 2.58. The van der Waals surface area contributed by atoms with Crippen LogP contribution in [0.5, 0.6) is 0 Å². The average Bonchev–Trinajstić information content (AvgIpc) is 2.32. The number of cyclic esters (lactones) is 1. The van der Waals surface area contributed by atoms with E-state index in [4.69, 9.17) is 21.4 Å². The van der Waals surface area contributed by atoms with E-state index in [1.165, 1.54) is 13.0 Å². The zero-order chi connectivity index (χ0) is 10.9. The minimum atomic E-state index is -0.956. The maximum atomic E-state index is 11.2. The molecule has 0 saturated carbocycles. The minimum Gasteiger partial charge on any atom is -0.456 e. The van der Waals surface area contributed by atoms with Gasteiger partial charge in [-0.3, -0.25) is 0 Å². The second-order valence-electron chi connectivity index (χ2n) is 3.36. The molecule has 0 aromatic carbocycles. The molecular formula is C9H13ClO4. The third-order valence-electron chi connectivity index (χ3n) is 2.09. The SMILES string of the molecule is CC(O)C(Cl)/C=C1/C(=O)O[C@H](C)[C@@H]1O. The van der Waals surface area contributed by atoms with Gasteiger partial charge in [-0.05, 0) is 13.8 Å². The fourth-order valence-electron chi connectivity index (χ4n) is 1.15. The molecule has 0 radical (unpaired) electrons. The summed E-state index contributed by atoms with van der Waals surface area (Å²) >= 11 is 5.73. The van der Waals surface area contributed by atoms with Gasteiger partial charge in [0, 0.05) is 0 Å². The number of carbonyl (C=O) groups is 1. The van der Waals surface area contributed by atoms with Gasteiger partial charge in [0.05, 0.1) is 17.1 Å². The third kappa shape index (κ3) is 2.26. The number of alkyl halides is 1. The Morgan fingerprint density at radius 1 is 1.64 bits per heavy atom. The number of hydrogen-bond acceptors (Lipinski definition) is 4. The predicted molar refractivity (Wildman–Crippen MR) is 51.0 cm³/mol. The quantitative estimate of drug-likeness (QED) is 0.397. The van der Waals surface area contributed by atoms with Crippen LogP contribution in [-0.2, 0) is 9.53 Å². The van der Waals surface area contributed by atoms with Gasteiger partial charge < -0.3 is 14.9 Å². The Morgan fingerprint density at radius 3 is 2.57 bits per heavy atom. The number of aliphatic hydroxyl groups is 2. The molecule has 1 heterocycles.